The molecule has 0 aliphatic rings. The molecule has 2 nitrogen and oxygen atoms in total. The Morgan fingerprint density at radius 1 is 1.33 bits per heavy atom. The predicted octanol–water partition coefficient (Wildman–Crippen LogP) is 3.99. The smallest absolute Gasteiger partial charge is 0.137 e. The second-order valence-corrected chi connectivity index (χ2v) is 5.75. The van der Waals surface area contributed by atoms with Crippen LogP contribution in [0.15, 0.2) is 22.7 Å². The molecule has 0 fully saturated rings. The Morgan fingerprint density at radius 2 is 2.06 bits per heavy atom. The fraction of sp³-hybridized carbons (Fsp3) is 0.571. The molecule has 0 aliphatic heterocycles. The van der Waals surface area contributed by atoms with Crippen molar-refractivity contribution in [2.75, 3.05) is 13.1 Å². The molecule has 0 heterocycles. The van der Waals surface area contributed by atoms with Gasteiger partial charge >= 0.3 is 0 Å². The van der Waals surface area contributed by atoms with Gasteiger partial charge < -0.3 is 10.1 Å². The summed E-state index contributed by atoms with van der Waals surface area (Å²) >= 11 is 3.15. The maximum Gasteiger partial charge on any atom is 0.137 e. The summed E-state index contributed by atoms with van der Waals surface area (Å²) in [5, 5.41) is 3.35. The van der Waals surface area contributed by atoms with E-state index in [-0.39, 0.29) is 11.9 Å². The van der Waals surface area contributed by atoms with Gasteiger partial charge in [-0.2, -0.15) is 0 Å². The largest absolute Gasteiger partial charge is 0.489 e. The van der Waals surface area contributed by atoms with E-state index in [2.05, 4.69) is 35.1 Å². The number of hydrogen-bond acceptors (Lipinski definition) is 2. The van der Waals surface area contributed by atoms with Crippen LogP contribution >= 0.6 is 15.9 Å². The lowest BCUT2D eigenvalue weighted by Crippen LogP contribution is -2.30. The number of ether oxygens (including phenoxy) is 1. The summed E-state index contributed by atoms with van der Waals surface area (Å²) in [5.41, 5.74) is 0. The fourth-order valence-electron chi connectivity index (χ4n) is 1.52. The van der Waals surface area contributed by atoms with E-state index in [1.807, 2.05) is 6.92 Å². The Hall–Kier alpha value is -0.610. The molecule has 0 spiro atoms. The zero-order valence-electron chi connectivity index (χ0n) is 11.2. The fourth-order valence-corrected chi connectivity index (χ4v) is 1.88. The standard InChI is InChI=1S/C14H21BrFNO/c1-10(2)6-7-17-9-11(3)18-12-4-5-14(16)13(15)8-12/h4-5,8,10-11,17H,6-7,9H2,1-3H3. The molecule has 1 atom stereocenters. The summed E-state index contributed by atoms with van der Waals surface area (Å²) in [7, 11) is 0. The topological polar surface area (TPSA) is 21.3 Å². The molecule has 18 heavy (non-hydrogen) atoms. The molecule has 1 unspecified atom stereocenters. The van der Waals surface area contributed by atoms with E-state index in [0.717, 1.165) is 19.5 Å². The highest BCUT2D eigenvalue weighted by Gasteiger charge is 2.06. The summed E-state index contributed by atoms with van der Waals surface area (Å²) in [6, 6.07) is 4.70. The van der Waals surface area contributed by atoms with E-state index in [0.29, 0.717) is 16.1 Å². The number of hydrogen-bond donors (Lipinski definition) is 1. The quantitative estimate of drug-likeness (QED) is 0.768. The SMILES string of the molecule is CC(C)CCNCC(C)Oc1ccc(F)c(Br)c1. The van der Waals surface area contributed by atoms with E-state index in [1.54, 1.807) is 12.1 Å². The van der Waals surface area contributed by atoms with Gasteiger partial charge in [0.25, 0.3) is 0 Å². The number of halogens is 2. The zero-order valence-corrected chi connectivity index (χ0v) is 12.8. The molecule has 4 heteroatoms. The van der Waals surface area contributed by atoms with Gasteiger partial charge in [-0.15, -0.1) is 0 Å². The first-order chi connectivity index (χ1) is 8.49. The molecular formula is C14H21BrFNO. The lowest BCUT2D eigenvalue weighted by atomic mass is 10.1. The van der Waals surface area contributed by atoms with Crippen LogP contribution in [-0.4, -0.2) is 19.2 Å². The van der Waals surface area contributed by atoms with Crippen LogP contribution in [0.5, 0.6) is 5.75 Å². The summed E-state index contributed by atoms with van der Waals surface area (Å²) < 4.78 is 19.2. The number of nitrogens with one attached hydrogen (secondary N) is 1. The molecule has 1 aromatic carbocycles. The van der Waals surface area contributed by atoms with Crippen LogP contribution in [0.2, 0.25) is 0 Å². The van der Waals surface area contributed by atoms with Crippen molar-refractivity contribution in [3.05, 3.63) is 28.5 Å². The highest BCUT2D eigenvalue weighted by molar-refractivity contribution is 9.10. The van der Waals surface area contributed by atoms with Crippen LogP contribution in [-0.2, 0) is 0 Å². The predicted molar refractivity (Wildman–Crippen MR) is 76.5 cm³/mol. The minimum Gasteiger partial charge on any atom is -0.489 e. The highest BCUT2D eigenvalue weighted by atomic mass is 79.9. The molecule has 0 aromatic heterocycles. The van der Waals surface area contributed by atoms with Gasteiger partial charge in [0.05, 0.1) is 4.47 Å². The van der Waals surface area contributed by atoms with Gasteiger partial charge in [-0.25, -0.2) is 4.39 Å². The molecule has 0 radical (unpaired) electrons. The summed E-state index contributed by atoms with van der Waals surface area (Å²) in [6.45, 7) is 8.20. The summed E-state index contributed by atoms with van der Waals surface area (Å²) in [5.74, 6) is 1.12. The van der Waals surface area contributed by atoms with Crippen LogP contribution in [0.4, 0.5) is 4.39 Å². The zero-order chi connectivity index (χ0) is 13.5. The molecule has 0 bridgehead atoms. The van der Waals surface area contributed by atoms with Gasteiger partial charge in [0.1, 0.15) is 17.7 Å². The minimum absolute atomic E-state index is 0.0644. The van der Waals surface area contributed by atoms with Crippen molar-refractivity contribution in [2.45, 2.75) is 33.3 Å². The summed E-state index contributed by atoms with van der Waals surface area (Å²) in [4.78, 5) is 0. The van der Waals surface area contributed by atoms with E-state index in [1.165, 1.54) is 6.07 Å². The molecule has 1 aromatic rings. The molecule has 102 valence electrons. The maximum atomic E-state index is 13.0. The van der Waals surface area contributed by atoms with E-state index >= 15 is 0 Å². The maximum absolute atomic E-state index is 13.0. The highest BCUT2D eigenvalue weighted by Crippen LogP contribution is 2.22. The van der Waals surface area contributed by atoms with Crippen LogP contribution in [0.3, 0.4) is 0 Å². The summed E-state index contributed by atoms with van der Waals surface area (Å²) in [6.07, 6.45) is 1.23. The Kier molecular flexibility index (Phi) is 6.65. The van der Waals surface area contributed by atoms with Crippen LogP contribution in [0, 0.1) is 11.7 Å². The third kappa shape index (κ3) is 5.83. The first kappa shape index (κ1) is 15.4. The van der Waals surface area contributed by atoms with E-state index in [4.69, 9.17) is 4.74 Å². The van der Waals surface area contributed by atoms with Crippen molar-refractivity contribution < 1.29 is 9.13 Å². The van der Waals surface area contributed by atoms with Crippen LogP contribution in [0.25, 0.3) is 0 Å². The van der Waals surface area contributed by atoms with E-state index in [9.17, 15) is 4.39 Å². The van der Waals surface area contributed by atoms with Crippen molar-refractivity contribution in [1.82, 2.24) is 5.32 Å². The van der Waals surface area contributed by atoms with Crippen LogP contribution in [0.1, 0.15) is 27.2 Å². The van der Waals surface area contributed by atoms with Crippen molar-refractivity contribution >= 4 is 15.9 Å². The molecule has 1 rings (SSSR count). The molecule has 0 saturated carbocycles. The second kappa shape index (κ2) is 7.74. The van der Waals surface area contributed by atoms with Crippen molar-refractivity contribution in [1.29, 1.82) is 0 Å². The van der Waals surface area contributed by atoms with Gasteiger partial charge in [-0.1, -0.05) is 13.8 Å². The van der Waals surface area contributed by atoms with Gasteiger partial charge in [0, 0.05) is 6.54 Å². The molecular weight excluding hydrogens is 297 g/mol. The van der Waals surface area contributed by atoms with E-state index < -0.39 is 0 Å². The van der Waals surface area contributed by atoms with Crippen LogP contribution < -0.4 is 10.1 Å². The van der Waals surface area contributed by atoms with Gasteiger partial charge in [0.2, 0.25) is 0 Å². The van der Waals surface area contributed by atoms with Crippen molar-refractivity contribution in [3.8, 4) is 5.75 Å². The molecule has 0 amide bonds. The Balaban J connectivity index is 2.31. The first-order valence-electron chi connectivity index (χ1n) is 6.31. The van der Waals surface area contributed by atoms with Crippen molar-refractivity contribution in [2.24, 2.45) is 5.92 Å². The first-order valence-corrected chi connectivity index (χ1v) is 7.10. The number of benzene rings is 1. The average molecular weight is 318 g/mol. The van der Waals surface area contributed by atoms with Gasteiger partial charge in [-0.05, 0) is 59.9 Å². The Labute approximate surface area is 117 Å². The van der Waals surface area contributed by atoms with Gasteiger partial charge in [-0.3, -0.25) is 0 Å². The molecule has 0 aliphatic carbocycles. The molecule has 0 saturated heterocycles. The second-order valence-electron chi connectivity index (χ2n) is 4.89. The minimum atomic E-state index is -0.273. The normalized spacial score (nSPS) is 12.8. The van der Waals surface area contributed by atoms with Gasteiger partial charge in [0.15, 0.2) is 0 Å². The number of rotatable bonds is 7. The lowest BCUT2D eigenvalue weighted by Gasteiger charge is -2.16. The Morgan fingerprint density at radius 3 is 2.67 bits per heavy atom. The third-order valence-corrected chi connectivity index (χ3v) is 3.17. The Bertz CT molecular complexity index is 371. The monoisotopic (exact) mass is 317 g/mol. The van der Waals surface area contributed by atoms with Crippen molar-refractivity contribution in [3.63, 3.8) is 0 Å². The lowest BCUT2D eigenvalue weighted by molar-refractivity contribution is 0.216. The molecule has 1 N–H and O–H groups in total. The average Bonchev–Trinajstić information content (AvgIpc) is 2.29. The third-order valence-electron chi connectivity index (χ3n) is 2.56.